The van der Waals surface area contributed by atoms with Crippen LogP contribution in [0.5, 0.6) is 0 Å². The zero-order chi connectivity index (χ0) is 15.9. The number of carbonyl (C=O) groups is 3. The minimum atomic E-state index is -1.23. The summed E-state index contributed by atoms with van der Waals surface area (Å²) in [6.07, 6.45) is -0.292. The molecule has 0 radical (unpaired) electrons. The first-order valence-corrected chi connectivity index (χ1v) is 6.35. The van der Waals surface area contributed by atoms with Gasteiger partial charge in [-0.05, 0) is 27.7 Å². The van der Waals surface area contributed by atoms with Crippen molar-refractivity contribution in [3.05, 3.63) is 0 Å². The second kappa shape index (κ2) is 7.48. The smallest absolute Gasteiger partial charge is 0.324 e. The van der Waals surface area contributed by atoms with Crippen LogP contribution in [-0.2, 0) is 9.59 Å². The molecule has 0 aliphatic carbocycles. The highest BCUT2D eigenvalue weighted by atomic mass is 16.4. The molecule has 3 amide bonds. The number of amides is 3. The molecule has 0 aromatic carbocycles. The first-order valence-electron chi connectivity index (χ1n) is 6.35. The number of imide groups is 1. The minimum Gasteiger partial charge on any atom is -0.481 e. The third kappa shape index (κ3) is 5.69. The highest BCUT2D eigenvalue weighted by Crippen LogP contribution is 2.20. The summed E-state index contributed by atoms with van der Waals surface area (Å²) in [5.74, 6) is -2.10. The maximum Gasteiger partial charge on any atom is 0.324 e. The van der Waals surface area contributed by atoms with Crippen molar-refractivity contribution in [2.75, 3.05) is 13.1 Å². The molecule has 20 heavy (non-hydrogen) atoms. The zero-order valence-electron chi connectivity index (χ0n) is 12.3. The molecule has 0 heterocycles. The van der Waals surface area contributed by atoms with E-state index in [-0.39, 0.29) is 18.9 Å². The van der Waals surface area contributed by atoms with Gasteiger partial charge in [0.2, 0.25) is 5.91 Å². The molecule has 1 unspecified atom stereocenters. The zero-order valence-corrected chi connectivity index (χ0v) is 12.3. The topological polar surface area (TPSA) is 111 Å². The Morgan fingerprint density at radius 1 is 1.40 bits per heavy atom. The molecule has 0 spiro atoms. The Balaban J connectivity index is 4.55. The van der Waals surface area contributed by atoms with Crippen LogP contribution in [-0.4, -0.2) is 41.0 Å². The van der Waals surface area contributed by atoms with Crippen LogP contribution in [0.25, 0.3) is 0 Å². The maximum atomic E-state index is 11.8. The number of rotatable bonds is 6. The highest BCUT2D eigenvalue weighted by Gasteiger charge is 2.31. The normalized spacial score (nSPS) is 12.2. The Labute approximate surface area is 118 Å². The summed E-state index contributed by atoms with van der Waals surface area (Å²) in [7, 11) is 0. The van der Waals surface area contributed by atoms with Crippen molar-refractivity contribution in [2.24, 2.45) is 11.3 Å². The number of hydrogen-bond acceptors (Lipinski definition) is 4. The fourth-order valence-corrected chi connectivity index (χ4v) is 1.45. The van der Waals surface area contributed by atoms with E-state index < -0.39 is 23.3 Å². The molecule has 2 N–H and O–H groups in total. The van der Waals surface area contributed by atoms with Crippen LogP contribution in [0.4, 0.5) is 4.79 Å². The van der Waals surface area contributed by atoms with Crippen molar-refractivity contribution in [1.29, 1.82) is 5.26 Å². The van der Waals surface area contributed by atoms with Crippen molar-refractivity contribution >= 4 is 17.9 Å². The van der Waals surface area contributed by atoms with Gasteiger partial charge >= 0.3 is 12.0 Å². The van der Waals surface area contributed by atoms with E-state index in [0.29, 0.717) is 6.54 Å². The van der Waals surface area contributed by atoms with Gasteiger partial charge in [0.05, 0.1) is 17.4 Å². The minimum absolute atomic E-state index is 0.217. The van der Waals surface area contributed by atoms with Gasteiger partial charge in [-0.1, -0.05) is 0 Å². The molecular formula is C13H21N3O4. The van der Waals surface area contributed by atoms with Gasteiger partial charge in [-0.2, -0.15) is 5.26 Å². The second-order valence-electron chi connectivity index (χ2n) is 5.29. The number of aliphatic carboxylic acids is 1. The lowest BCUT2D eigenvalue weighted by atomic mass is 9.89. The van der Waals surface area contributed by atoms with Crippen LogP contribution in [0, 0.1) is 22.7 Å². The Bertz CT molecular complexity index is 426. The maximum absolute atomic E-state index is 11.8. The number of hydrogen-bond donors (Lipinski definition) is 2. The van der Waals surface area contributed by atoms with E-state index in [9.17, 15) is 14.4 Å². The van der Waals surface area contributed by atoms with E-state index in [1.165, 1.54) is 18.7 Å². The second-order valence-corrected chi connectivity index (χ2v) is 5.29. The molecule has 112 valence electrons. The molecule has 0 bridgehead atoms. The third-order valence-electron chi connectivity index (χ3n) is 2.81. The van der Waals surface area contributed by atoms with Crippen molar-refractivity contribution < 1.29 is 19.5 Å². The average molecular weight is 283 g/mol. The predicted molar refractivity (Wildman–Crippen MR) is 71.6 cm³/mol. The van der Waals surface area contributed by atoms with E-state index in [1.54, 1.807) is 13.8 Å². The lowest BCUT2D eigenvalue weighted by Gasteiger charge is -2.23. The van der Waals surface area contributed by atoms with E-state index in [4.69, 9.17) is 10.4 Å². The predicted octanol–water partition coefficient (Wildman–Crippen LogP) is 1.21. The number of carboxylic acids is 1. The lowest BCUT2D eigenvalue weighted by Crippen LogP contribution is -2.45. The van der Waals surface area contributed by atoms with Gasteiger partial charge in [-0.3, -0.25) is 14.9 Å². The summed E-state index contributed by atoms with van der Waals surface area (Å²) in [6.45, 7) is 6.80. The average Bonchev–Trinajstić information content (AvgIpc) is 2.34. The van der Waals surface area contributed by atoms with Crippen LogP contribution >= 0.6 is 0 Å². The molecule has 7 nitrogen and oxygen atoms in total. The summed E-state index contributed by atoms with van der Waals surface area (Å²) in [5.41, 5.74) is -1.23. The Kier molecular flexibility index (Phi) is 6.69. The molecule has 7 heteroatoms. The summed E-state index contributed by atoms with van der Waals surface area (Å²) in [6, 6.07) is 1.40. The molecule has 1 atom stereocenters. The fraction of sp³-hybridized carbons (Fsp3) is 0.692. The Hall–Kier alpha value is -2.10. The quantitative estimate of drug-likeness (QED) is 0.761. The number of carbonyl (C=O) groups excluding carboxylic acids is 2. The van der Waals surface area contributed by atoms with Gasteiger partial charge in [-0.25, -0.2) is 4.79 Å². The van der Waals surface area contributed by atoms with E-state index in [1.807, 2.05) is 6.07 Å². The molecule has 0 saturated carbocycles. The van der Waals surface area contributed by atoms with Crippen LogP contribution < -0.4 is 5.32 Å². The number of nitrogens with zero attached hydrogens (tertiary/aromatic N) is 2. The fourth-order valence-electron chi connectivity index (χ4n) is 1.45. The van der Waals surface area contributed by atoms with Crippen molar-refractivity contribution in [3.8, 4) is 6.07 Å². The van der Waals surface area contributed by atoms with Gasteiger partial charge in [-0.15, -0.1) is 0 Å². The number of urea groups is 1. The van der Waals surface area contributed by atoms with Gasteiger partial charge in [0.1, 0.15) is 0 Å². The lowest BCUT2D eigenvalue weighted by molar-refractivity contribution is -0.149. The molecule has 0 saturated heterocycles. The Morgan fingerprint density at radius 3 is 2.35 bits per heavy atom. The number of nitrogens with one attached hydrogen (secondary N) is 1. The Morgan fingerprint density at radius 2 is 1.95 bits per heavy atom. The van der Waals surface area contributed by atoms with E-state index >= 15 is 0 Å². The summed E-state index contributed by atoms with van der Waals surface area (Å²) < 4.78 is 0. The van der Waals surface area contributed by atoms with E-state index in [2.05, 4.69) is 5.32 Å². The summed E-state index contributed by atoms with van der Waals surface area (Å²) >= 11 is 0. The van der Waals surface area contributed by atoms with Crippen LogP contribution in [0.3, 0.4) is 0 Å². The summed E-state index contributed by atoms with van der Waals surface area (Å²) in [5, 5.41) is 19.8. The van der Waals surface area contributed by atoms with Gasteiger partial charge in [0, 0.05) is 19.5 Å². The summed E-state index contributed by atoms with van der Waals surface area (Å²) in [4.78, 5) is 35.7. The SMILES string of the molecule is CCN(CC(C)C#N)C(=O)NC(=O)CC(C)(C)C(=O)O. The van der Waals surface area contributed by atoms with Crippen molar-refractivity contribution in [2.45, 2.75) is 34.1 Å². The third-order valence-corrected chi connectivity index (χ3v) is 2.81. The largest absolute Gasteiger partial charge is 0.481 e. The number of nitriles is 1. The van der Waals surface area contributed by atoms with Crippen molar-refractivity contribution in [3.63, 3.8) is 0 Å². The molecule has 0 rings (SSSR count). The van der Waals surface area contributed by atoms with Crippen LogP contribution in [0.15, 0.2) is 0 Å². The molecular weight excluding hydrogens is 262 g/mol. The molecule has 0 aliphatic heterocycles. The van der Waals surface area contributed by atoms with Crippen LogP contribution in [0.2, 0.25) is 0 Å². The highest BCUT2D eigenvalue weighted by molar-refractivity contribution is 5.96. The first-order chi connectivity index (χ1) is 9.13. The molecule has 0 aromatic heterocycles. The molecule has 0 aromatic rings. The van der Waals surface area contributed by atoms with Crippen LogP contribution in [0.1, 0.15) is 34.1 Å². The number of carboxylic acid groups (broad SMARTS) is 1. The van der Waals surface area contributed by atoms with Gasteiger partial charge in [0.25, 0.3) is 0 Å². The van der Waals surface area contributed by atoms with Gasteiger partial charge < -0.3 is 10.0 Å². The van der Waals surface area contributed by atoms with Crippen molar-refractivity contribution in [1.82, 2.24) is 10.2 Å². The first kappa shape index (κ1) is 17.9. The standard InChI is InChI=1S/C13H21N3O4/c1-5-16(8-9(2)7-14)12(20)15-10(17)6-13(3,4)11(18)19/h9H,5-6,8H2,1-4H3,(H,18,19)(H,15,17,20). The monoisotopic (exact) mass is 283 g/mol. The molecule has 0 fully saturated rings. The molecule has 0 aliphatic rings. The van der Waals surface area contributed by atoms with E-state index in [0.717, 1.165) is 0 Å². The van der Waals surface area contributed by atoms with Gasteiger partial charge in [0.15, 0.2) is 0 Å².